The normalized spacial score (nSPS) is 35.9. The minimum atomic E-state index is -0.0221. The Morgan fingerprint density at radius 1 is 1.08 bits per heavy atom. The van der Waals surface area contributed by atoms with E-state index in [4.69, 9.17) is 5.11 Å². The summed E-state index contributed by atoms with van der Waals surface area (Å²) >= 11 is 0. The SMILES string of the molecule is O=CC1CC(C=O)CC(CO)C1. The number of carbonyl (C=O) groups excluding carboxylic acids is 2. The third-order valence-electron chi connectivity index (χ3n) is 2.52. The van der Waals surface area contributed by atoms with E-state index in [1.165, 1.54) is 0 Å². The largest absolute Gasteiger partial charge is 0.396 e. The second-order valence-corrected chi connectivity index (χ2v) is 3.55. The van der Waals surface area contributed by atoms with Gasteiger partial charge in [0.05, 0.1) is 0 Å². The quantitative estimate of drug-likeness (QED) is 0.624. The number of aldehydes is 2. The molecule has 0 radical (unpaired) electrons. The predicted molar refractivity (Wildman–Crippen MR) is 43.5 cm³/mol. The van der Waals surface area contributed by atoms with E-state index in [0.717, 1.165) is 25.4 Å². The molecule has 68 valence electrons. The summed E-state index contributed by atoms with van der Waals surface area (Å²) in [6.45, 7) is 0.0919. The predicted octanol–water partition coefficient (Wildman–Crippen LogP) is 0.409. The average Bonchev–Trinajstić information content (AvgIpc) is 2.16. The van der Waals surface area contributed by atoms with Crippen LogP contribution in [0.1, 0.15) is 19.3 Å². The molecule has 2 atom stereocenters. The molecular formula is C9H14O3. The Labute approximate surface area is 71.8 Å². The molecule has 12 heavy (non-hydrogen) atoms. The summed E-state index contributed by atoms with van der Waals surface area (Å²) in [4.78, 5) is 21.0. The topological polar surface area (TPSA) is 54.4 Å². The van der Waals surface area contributed by atoms with Crippen LogP contribution in [0.25, 0.3) is 0 Å². The van der Waals surface area contributed by atoms with E-state index in [1.54, 1.807) is 0 Å². The van der Waals surface area contributed by atoms with Gasteiger partial charge in [0.2, 0.25) is 0 Å². The molecule has 0 heterocycles. The van der Waals surface area contributed by atoms with Gasteiger partial charge < -0.3 is 14.7 Å². The molecule has 1 aliphatic carbocycles. The minimum Gasteiger partial charge on any atom is -0.396 e. The number of carbonyl (C=O) groups is 2. The molecule has 0 bridgehead atoms. The minimum absolute atomic E-state index is 0.0221. The van der Waals surface area contributed by atoms with Crippen molar-refractivity contribution in [3.63, 3.8) is 0 Å². The zero-order chi connectivity index (χ0) is 8.97. The van der Waals surface area contributed by atoms with Crippen molar-refractivity contribution < 1.29 is 14.7 Å². The van der Waals surface area contributed by atoms with Crippen LogP contribution >= 0.6 is 0 Å². The molecule has 1 saturated carbocycles. The van der Waals surface area contributed by atoms with E-state index in [1.807, 2.05) is 0 Å². The van der Waals surface area contributed by atoms with Crippen LogP contribution in [-0.4, -0.2) is 24.3 Å². The van der Waals surface area contributed by atoms with Crippen LogP contribution in [0.3, 0.4) is 0 Å². The Balaban J connectivity index is 2.51. The lowest BCUT2D eigenvalue weighted by atomic mass is 9.77. The van der Waals surface area contributed by atoms with Crippen molar-refractivity contribution in [1.82, 2.24) is 0 Å². The molecule has 1 aliphatic rings. The number of rotatable bonds is 3. The second-order valence-electron chi connectivity index (χ2n) is 3.55. The van der Waals surface area contributed by atoms with Crippen LogP contribution < -0.4 is 0 Å². The fourth-order valence-corrected chi connectivity index (χ4v) is 1.91. The van der Waals surface area contributed by atoms with Crippen LogP contribution in [0.5, 0.6) is 0 Å². The second kappa shape index (κ2) is 4.36. The number of aliphatic hydroxyl groups excluding tert-OH is 1. The first-order chi connectivity index (χ1) is 5.80. The summed E-state index contributed by atoms with van der Waals surface area (Å²) in [6.07, 6.45) is 3.95. The summed E-state index contributed by atoms with van der Waals surface area (Å²) in [5, 5.41) is 8.89. The van der Waals surface area contributed by atoms with Crippen molar-refractivity contribution in [3.05, 3.63) is 0 Å². The highest BCUT2D eigenvalue weighted by molar-refractivity contribution is 5.58. The van der Waals surface area contributed by atoms with Crippen molar-refractivity contribution in [2.24, 2.45) is 17.8 Å². The lowest BCUT2D eigenvalue weighted by molar-refractivity contribution is -0.116. The molecule has 1 rings (SSSR count). The smallest absolute Gasteiger partial charge is 0.123 e. The third-order valence-corrected chi connectivity index (χ3v) is 2.52. The standard InChI is InChI=1S/C9H14O3/c10-4-7-1-8(5-11)3-9(2-7)6-12/h4-5,7-9,12H,1-3,6H2. The maximum atomic E-state index is 10.5. The van der Waals surface area contributed by atoms with Gasteiger partial charge in [-0.1, -0.05) is 0 Å². The first kappa shape index (κ1) is 9.39. The molecule has 3 heteroatoms. The third kappa shape index (κ3) is 2.14. The molecule has 2 unspecified atom stereocenters. The van der Waals surface area contributed by atoms with E-state index in [2.05, 4.69) is 0 Å². The molecule has 0 spiro atoms. The summed E-state index contributed by atoms with van der Waals surface area (Å²) in [5.74, 6) is 0.0985. The van der Waals surface area contributed by atoms with Crippen molar-refractivity contribution >= 4 is 12.6 Å². The molecule has 0 saturated heterocycles. The van der Waals surface area contributed by atoms with Gasteiger partial charge in [-0.2, -0.15) is 0 Å². The van der Waals surface area contributed by atoms with Crippen molar-refractivity contribution in [1.29, 1.82) is 0 Å². The van der Waals surface area contributed by atoms with Crippen molar-refractivity contribution in [2.45, 2.75) is 19.3 Å². The average molecular weight is 170 g/mol. The van der Waals surface area contributed by atoms with Crippen LogP contribution in [0.2, 0.25) is 0 Å². The summed E-state index contributed by atoms with van der Waals surface area (Å²) in [6, 6.07) is 0. The Hall–Kier alpha value is -0.700. The molecule has 1 N–H and O–H groups in total. The van der Waals surface area contributed by atoms with Crippen molar-refractivity contribution in [2.75, 3.05) is 6.61 Å². The highest BCUT2D eigenvalue weighted by Crippen LogP contribution is 2.30. The van der Waals surface area contributed by atoms with Gasteiger partial charge >= 0.3 is 0 Å². The fourth-order valence-electron chi connectivity index (χ4n) is 1.91. The van der Waals surface area contributed by atoms with Gasteiger partial charge in [-0.05, 0) is 25.2 Å². The Bertz CT molecular complexity index is 151. The van der Waals surface area contributed by atoms with Crippen LogP contribution in [-0.2, 0) is 9.59 Å². The van der Waals surface area contributed by atoms with Crippen LogP contribution in [0.15, 0.2) is 0 Å². The molecule has 1 fully saturated rings. The Morgan fingerprint density at radius 3 is 1.92 bits per heavy atom. The monoisotopic (exact) mass is 170 g/mol. The van der Waals surface area contributed by atoms with E-state index in [0.29, 0.717) is 6.42 Å². The van der Waals surface area contributed by atoms with Crippen LogP contribution in [0, 0.1) is 17.8 Å². The fraction of sp³-hybridized carbons (Fsp3) is 0.778. The van der Waals surface area contributed by atoms with E-state index in [9.17, 15) is 9.59 Å². The molecule has 0 aromatic heterocycles. The van der Waals surface area contributed by atoms with Gasteiger partial charge in [-0.15, -0.1) is 0 Å². The van der Waals surface area contributed by atoms with E-state index in [-0.39, 0.29) is 24.4 Å². The number of hydrogen-bond donors (Lipinski definition) is 1. The van der Waals surface area contributed by atoms with Crippen molar-refractivity contribution in [3.8, 4) is 0 Å². The lowest BCUT2D eigenvalue weighted by Crippen LogP contribution is -2.26. The molecular weight excluding hydrogens is 156 g/mol. The van der Waals surface area contributed by atoms with Gasteiger partial charge in [0.25, 0.3) is 0 Å². The Morgan fingerprint density at radius 2 is 1.58 bits per heavy atom. The summed E-state index contributed by atoms with van der Waals surface area (Å²) in [7, 11) is 0. The van der Waals surface area contributed by atoms with Gasteiger partial charge in [0.15, 0.2) is 0 Å². The zero-order valence-electron chi connectivity index (χ0n) is 6.98. The van der Waals surface area contributed by atoms with Gasteiger partial charge in [0, 0.05) is 18.4 Å². The molecule has 0 amide bonds. The van der Waals surface area contributed by atoms with Crippen LogP contribution in [0.4, 0.5) is 0 Å². The molecule has 0 aliphatic heterocycles. The molecule has 3 nitrogen and oxygen atoms in total. The first-order valence-corrected chi connectivity index (χ1v) is 4.31. The van der Waals surface area contributed by atoms with E-state index >= 15 is 0 Å². The zero-order valence-corrected chi connectivity index (χ0v) is 6.98. The summed E-state index contributed by atoms with van der Waals surface area (Å²) < 4.78 is 0. The van der Waals surface area contributed by atoms with Gasteiger partial charge in [-0.25, -0.2) is 0 Å². The lowest BCUT2D eigenvalue weighted by Gasteiger charge is -2.28. The highest BCUT2D eigenvalue weighted by Gasteiger charge is 2.27. The maximum absolute atomic E-state index is 10.5. The summed E-state index contributed by atoms with van der Waals surface area (Å²) in [5.41, 5.74) is 0. The first-order valence-electron chi connectivity index (χ1n) is 4.31. The highest BCUT2D eigenvalue weighted by atomic mass is 16.3. The number of hydrogen-bond acceptors (Lipinski definition) is 3. The molecule has 0 aromatic rings. The van der Waals surface area contributed by atoms with Gasteiger partial charge in [-0.3, -0.25) is 0 Å². The van der Waals surface area contributed by atoms with E-state index < -0.39 is 0 Å². The van der Waals surface area contributed by atoms with Gasteiger partial charge in [0.1, 0.15) is 12.6 Å². The maximum Gasteiger partial charge on any atom is 0.123 e. The Kier molecular flexibility index (Phi) is 3.41. The molecule has 0 aromatic carbocycles. The number of aliphatic hydroxyl groups is 1.